The maximum atomic E-state index is 12.0. The summed E-state index contributed by atoms with van der Waals surface area (Å²) in [6.45, 7) is 1.87. The molecule has 1 saturated carbocycles. The van der Waals surface area contributed by atoms with Gasteiger partial charge in [0, 0.05) is 10.6 Å². The van der Waals surface area contributed by atoms with Gasteiger partial charge in [-0.05, 0) is 38.0 Å². The van der Waals surface area contributed by atoms with E-state index in [1.54, 1.807) is 0 Å². The highest BCUT2D eigenvalue weighted by atomic mass is 35.5. The maximum absolute atomic E-state index is 12.0. The largest absolute Gasteiger partial charge is 0.398 e. The number of anilines is 1. The Bertz CT molecular complexity index is 524. The topological polar surface area (TPSA) is 72.2 Å². The van der Waals surface area contributed by atoms with Crippen molar-refractivity contribution in [2.75, 3.05) is 5.73 Å². The van der Waals surface area contributed by atoms with Crippen molar-refractivity contribution in [3.63, 3.8) is 0 Å². The fourth-order valence-corrected chi connectivity index (χ4v) is 3.19. The predicted octanol–water partition coefficient (Wildman–Crippen LogP) is 1.75. The van der Waals surface area contributed by atoms with E-state index in [0.717, 1.165) is 12.8 Å². The Balaban J connectivity index is 2.35. The lowest BCUT2D eigenvalue weighted by Crippen LogP contribution is -2.34. The minimum absolute atomic E-state index is 0.0880. The fraction of sp³-hybridized carbons (Fsp3) is 0.400. The first-order valence-electron chi connectivity index (χ1n) is 4.91. The Hall–Kier alpha value is -0.780. The molecular weight excluding hydrogens is 248 g/mol. The molecule has 0 saturated heterocycles. The third-order valence-corrected chi connectivity index (χ3v) is 4.59. The van der Waals surface area contributed by atoms with Gasteiger partial charge in [0.1, 0.15) is 4.90 Å². The van der Waals surface area contributed by atoms with Crippen LogP contribution in [0.4, 0.5) is 5.69 Å². The van der Waals surface area contributed by atoms with Crippen molar-refractivity contribution in [2.24, 2.45) is 0 Å². The lowest BCUT2D eigenvalue weighted by atomic mass is 10.3. The van der Waals surface area contributed by atoms with E-state index in [1.807, 2.05) is 6.92 Å². The zero-order valence-corrected chi connectivity index (χ0v) is 10.4. The van der Waals surface area contributed by atoms with Crippen molar-refractivity contribution < 1.29 is 8.42 Å². The van der Waals surface area contributed by atoms with Crippen molar-refractivity contribution in [2.45, 2.75) is 30.2 Å². The fourth-order valence-electron chi connectivity index (χ4n) is 1.43. The van der Waals surface area contributed by atoms with Gasteiger partial charge >= 0.3 is 0 Å². The standard InChI is InChI=1S/C10H13ClN2O2S/c1-10(4-5-10)13-16(14,15)9-3-2-7(11)6-8(9)12/h2-3,6,13H,4-5,12H2,1H3. The number of hydrogen-bond donors (Lipinski definition) is 2. The van der Waals surface area contributed by atoms with Crippen LogP contribution in [0, 0.1) is 0 Å². The number of hydrogen-bond acceptors (Lipinski definition) is 3. The molecule has 0 bridgehead atoms. The van der Waals surface area contributed by atoms with E-state index < -0.39 is 10.0 Å². The van der Waals surface area contributed by atoms with Crippen molar-refractivity contribution in [1.82, 2.24) is 4.72 Å². The van der Waals surface area contributed by atoms with E-state index in [2.05, 4.69) is 4.72 Å². The number of nitrogens with two attached hydrogens (primary N) is 1. The van der Waals surface area contributed by atoms with Crippen LogP contribution in [0.1, 0.15) is 19.8 Å². The monoisotopic (exact) mass is 260 g/mol. The zero-order valence-electron chi connectivity index (χ0n) is 8.83. The van der Waals surface area contributed by atoms with Crippen molar-refractivity contribution in [3.8, 4) is 0 Å². The van der Waals surface area contributed by atoms with Gasteiger partial charge < -0.3 is 5.73 Å². The summed E-state index contributed by atoms with van der Waals surface area (Å²) in [5, 5.41) is 0.425. The van der Waals surface area contributed by atoms with Gasteiger partial charge in [-0.25, -0.2) is 13.1 Å². The van der Waals surface area contributed by atoms with Gasteiger partial charge in [-0.15, -0.1) is 0 Å². The van der Waals surface area contributed by atoms with E-state index in [1.165, 1.54) is 18.2 Å². The number of sulfonamides is 1. The molecule has 0 aliphatic heterocycles. The molecule has 0 heterocycles. The van der Waals surface area contributed by atoms with E-state index in [9.17, 15) is 8.42 Å². The summed E-state index contributed by atoms with van der Waals surface area (Å²) in [5.74, 6) is 0. The minimum atomic E-state index is -3.54. The van der Waals surface area contributed by atoms with E-state index in [4.69, 9.17) is 17.3 Å². The molecule has 0 aromatic heterocycles. The van der Waals surface area contributed by atoms with Crippen LogP contribution in [0.5, 0.6) is 0 Å². The second kappa shape index (κ2) is 3.61. The Labute approximate surface area is 99.8 Å². The molecule has 0 unspecified atom stereocenters. The third kappa shape index (κ3) is 2.31. The van der Waals surface area contributed by atoms with Crippen LogP contribution in [-0.4, -0.2) is 14.0 Å². The third-order valence-electron chi connectivity index (χ3n) is 2.64. The molecule has 0 atom stereocenters. The first-order valence-corrected chi connectivity index (χ1v) is 6.78. The molecule has 88 valence electrons. The number of nitrogens with one attached hydrogen (secondary N) is 1. The number of nitrogen functional groups attached to an aromatic ring is 1. The minimum Gasteiger partial charge on any atom is -0.398 e. The molecule has 0 spiro atoms. The molecule has 3 N–H and O–H groups in total. The lowest BCUT2D eigenvalue weighted by molar-refractivity contribution is 0.558. The molecule has 4 nitrogen and oxygen atoms in total. The normalized spacial score (nSPS) is 18.4. The van der Waals surface area contributed by atoms with Crippen LogP contribution in [0.15, 0.2) is 23.1 Å². The highest BCUT2D eigenvalue weighted by molar-refractivity contribution is 7.89. The van der Waals surface area contributed by atoms with Crippen molar-refractivity contribution in [1.29, 1.82) is 0 Å². The van der Waals surface area contributed by atoms with Crippen LogP contribution >= 0.6 is 11.6 Å². The summed E-state index contributed by atoms with van der Waals surface area (Å²) in [5.41, 5.74) is 5.51. The van der Waals surface area contributed by atoms with Gasteiger partial charge in [0.25, 0.3) is 0 Å². The number of rotatable bonds is 3. The smallest absolute Gasteiger partial charge is 0.243 e. The van der Waals surface area contributed by atoms with Gasteiger partial charge in [-0.2, -0.15) is 0 Å². The number of benzene rings is 1. The van der Waals surface area contributed by atoms with Gasteiger partial charge in [0.2, 0.25) is 10.0 Å². The SMILES string of the molecule is CC1(NS(=O)(=O)c2ccc(Cl)cc2N)CC1. The average molecular weight is 261 g/mol. The zero-order chi connectivity index (χ0) is 12.0. The average Bonchev–Trinajstić information content (AvgIpc) is 2.80. The Morgan fingerprint density at radius 1 is 1.44 bits per heavy atom. The summed E-state index contributed by atoms with van der Waals surface area (Å²) in [6, 6.07) is 4.37. The summed E-state index contributed by atoms with van der Waals surface area (Å²) in [4.78, 5) is 0.0880. The van der Waals surface area contributed by atoms with Crippen molar-refractivity contribution in [3.05, 3.63) is 23.2 Å². The quantitative estimate of drug-likeness (QED) is 0.814. The van der Waals surface area contributed by atoms with Gasteiger partial charge in [0.15, 0.2) is 0 Å². The Morgan fingerprint density at radius 2 is 2.06 bits per heavy atom. The van der Waals surface area contributed by atoms with E-state index in [-0.39, 0.29) is 16.1 Å². The summed E-state index contributed by atoms with van der Waals surface area (Å²) in [6.07, 6.45) is 1.72. The van der Waals surface area contributed by atoms with Gasteiger partial charge in [0.05, 0.1) is 5.69 Å². The Kier molecular flexibility index (Phi) is 2.64. The molecule has 1 aliphatic rings. The second-order valence-electron chi connectivity index (χ2n) is 4.35. The molecule has 0 radical (unpaired) electrons. The first kappa shape index (κ1) is 11.7. The van der Waals surface area contributed by atoms with Crippen LogP contribution in [0.3, 0.4) is 0 Å². The molecular formula is C10H13ClN2O2S. The molecule has 1 aromatic carbocycles. The second-order valence-corrected chi connectivity index (χ2v) is 6.44. The molecule has 1 aliphatic carbocycles. The van der Waals surface area contributed by atoms with Crippen LogP contribution in [0.2, 0.25) is 5.02 Å². The van der Waals surface area contributed by atoms with Gasteiger partial charge in [-0.1, -0.05) is 11.6 Å². The van der Waals surface area contributed by atoms with Crippen LogP contribution in [-0.2, 0) is 10.0 Å². The van der Waals surface area contributed by atoms with Gasteiger partial charge in [-0.3, -0.25) is 0 Å². The molecule has 1 aromatic rings. The van der Waals surface area contributed by atoms with Crippen LogP contribution in [0.25, 0.3) is 0 Å². The van der Waals surface area contributed by atoms with Crippen molar-refractivity contribution >= 4 is 27.3 Å². The molecule has 0 amide bonds. The van der Waals surface area contributed by atoms with E-state index in [0.29, 0.717) is 5.02 Å². The maximum Gasteiger partial charge on any atom is 0.243 e. The number of halogens is 1. The molecule has 2 rings (SSSR count). The first-order chi connectivity index (χ1) is 7.32. The van der Waals surface area contributed by atoms with Crippen LogP contribution < -0.4 is 10.5 Å². The molecule has 6 heteroatoms. The van der Waals surface area contributed by atoms with E-state index >= 15 is 0 Å². The highest BCUT2D eigenvalue weighted by Crippen LogP contribution is 2.36. The Morgan fingerprint density at radius 3 is 2.56 bits per heavy atom. The summed E-state index contributed by atoms with van der Waals surface area (Å²) >= 11 is 5.72. The summed E-state index contributed by atoms with van der Waals surface area (Å²) < 4.78 is 26.6. The highest BCUT2D eigenvalue weighted by Gasteiger charge is 2.41. The lowest BCUT2D eigenvalue weighted by Gasteiger charge is -2.13. The molecule has 16 heavy (non-hydrogen) atoms. The molecule has 1 fully saturated rings. The predicted molar refractivity (Wildman–Crippen MR) is 63.8 cm³/mol. The summed E-state index contributed by atoms with van der Waals surface area (Å²) in [7, 11) is -3.54.